The first-order valence-corrected chi connectivity index (χ1v) is 10.5. The normalized spacial score (nSPS) is 12.6. The fourth-order valence-electron chi connectivity index (χ4n) is 1.87. The number of unbranched alkanes of at least 4 members (excludes halogenated alkanes) is 4. The van der Waals surface area contributed by atoms with Crippen molar-refractivity contribution in [1.82, 2.24) is 0 Å². The van der Waals surface area contributed by atoms with E-state index in [0.29, 0.717) is 13.2 Å². The van der Waals surface area contributed by atoms with Crippen molar-refractivity contribution in [2.75, 3.05) is 13.2 Å². The monoisotopic (exact) mass is 426 g/mol. The Morgan fingerprint density at radius 3 is 1.75 bits per heavy atom. The van der Waals surface area contributed by atoms with E-state index in [2.05, 4.69) is 42.4 Å². The van der Waals surface area contributed by atoms with Crippen LogP contribution < -0.4 is 0 Å². The molecule has 6 heteroatoms. The smallest absolute Gasteiger partial charge is 0.319 e. The van der Waals surface area contributed by atoms with Crippen molar-refractivity contribution >= 4 is 40.5 Å². The van der Waals surface area contributed by atoms with Gasteiger partial charge in [0.15, 0.2) is 0 Å². The molecule has 144 valence electrons. The maximum Gasteiger partial charge on any atom is 0.319 e. The topological polar surface area (TPSA) is 52.6 Å². The van der Waals surface area contributed by atoms with Gasteiger partial charge < -0.3 is 9.47 Å². The van der Waals surface area contributed by atoms with E-state index in [1.165, 1.54) is 19.3 Å². The minimum absolute atomic E-state index is 0.107. The maximum absolute atomic E-state index is 11.1. The Balaban J connectivity index is 0. The third-order valence-corrected chi connectivity index (χ3v) is 4.54. The van der Waals surface area contributed by atoms with Gasteiger partial charge in [0.25, 0.3) is 0 Å². The molecular formula is C18H35BrO4S. The second-order valence-electron chi connectivity index (χ2n) is 5.48. The predicted molar refractivity (Wildman–Crippen MR) is 107 cm³/mol. The minimum atomic E-state index is -0.225. The standard InChI is InChI=1S/C9H17BrO2.C9H18O2S/c1-3-5-6-7-8(10)9(11)12-4-2;1-3-5-6-7-8(12)9(10)11-4-2/h8H,3-7H2,1-2H3;8,12H,3-7H2,1-2H3. The highest BCUT2D eigenvalue weighted by Crippen LogP contribution is 2.12. The summed E-state index contributed by atoms with van der Waals surface area (Å²) >= 11 is 7.46. The van der Waals surface area contributed by atoms with Crippen LogP contribution in [0.15, 0.2) is 0 Å². The number of rotatable bonds is 12. The van der Waals surface area contributed by atoms with Gasteiger partial charge in [-0.25, -0.2) is 0 Å². The quantitative estimate of drug-likeness (QED) is 0.198. The van der Waals surface area contributed by atoms with Crippen LogP contribution in [0.4, 0.5) is 0 Å². The van der Waals surface area contributed by atoms with Gasteiger partial charge in [0.2, 0.25) is 0 Å². The second kappa shape index (κ2) is 19.1. The highest BCUT2D eigenvalue weighted by Gasteiger charge is 2.14. The molecule has 0 aliphatic heterocycles. The Morgan fingerprint density at radius 2 is 1.29 bits per heavy atom. The summed E-state index contributed by atoms with van der Waals surface area (Å²) in [6.07, 6.45) is 8.56. The van der Waals surface area contributed by atoms with E-state index in [9.17, 15) is 9.59 Å². The Kier molecular flexibility index (Phi) is 20.7. The van der Waals surface area contributed by atoms with Gasteiger partial charge in [0.05, 0.1) is 18.5 Å². The van der Waals surface area contributed by atoms with Gasteiger partial charge in [-0.05, 0) is 26.7 Å². The van der Waals surface area contributed by atoms with Crippen LogP contribution >= 0.6 is 28.6 Å². The van der Waals surface area contributed by atoms with Crippen molar-refractivity contribution in [2.24, 2.45) is 0 Å². The molecule has 0 amide bonds. The largest absolute Gasteiger partial charge is 0.465 e. The molecule has 0 N–H and O–H groups in total. The lowest BCUT2D eigenvalue weighted by Crippen LogP contribution is -2.17. The third-order valence-electron chi connectivity index (χ3n) is 3.24. The van der Waals surface area contributed by atoms with E-state index < -0.39 is 0 Å². The van der Waals surface area contributed by atoms with Crippen LogP contribution in [-0.4, -0.2) is 35.2 Å². The molecule has 0 bridgehead atoms. The molecule has 0 fully saturated rings. The highest BCUT2D eigenvalue weighted by molar-refractivity contribution is 9.10. The summed E-state index contributed by atoms with van der Waals surface area (Å²) < 4.78 is 9.67. The van der Waals surface area contributed by atoms with E-state index in [4.69, 9.17) is 9.47 Å². The number of alkyl halides is 1. The molecule has 24 heavy (non-hydrogen) atoms. The Labute approximate surface area is 162 Å². The molecule has 2 unspecified atom stereocenters. The fourth-order valence-corrected chi connectivity index (χ4v) is 2.58. The van der Waals surface area contributed by atoms with Crippen molar-refractivity contribution in [3.63, 3.8) is 0 Å². The van der Waals surface area contributed by atoms with Gasteiger partial charge in [0.1, 0.15) is 4.83 Å². The molecule has 0 aromatic rings. The molecule has 0 aromatic heterocycles. The average Bonchev–Trinajstić information content (AvgIpc) is 2.56. The number of hydrogen-bond donors (Lipinski definition) is 1. The number of thiol groups is 1. The Morgan fingerprint density at radius 1 is 0.833 bits per heavy atom. The van der Waals surface area contributed by atoms with Crippen LogP contribution in [-0.2, 0) is 19.1 Å². The summed E-state index contributed by atoms with van der Waals surface area (Å²) in [6, 6.07) is 0. The maximum atomic E-state index is 11.1. The lowest BCUT2D eigenvalue weighted by Gasteiger charge is -2.08. The van der Waals surface area contributed by atoms with E-state index in [-0.39, 0.29) is 22.0 Å². The number of carbonyl (C=O) groups excluding carboxylic acids is 2. The van der Waals surface area contributed by atoms with Gasteiger partial charge in [-0.3, -0.25) is 9.59 Å². The van der Waals surface area contributed by atoms with Crippen molar-refractivity contribution in [3.05, 3.63) is 0 Å². The Hall–Kier alpha value is -0.230. The average molecular weight is 427 g/mol. The number of carbonyl (C=O) groups is 2. The lowest BCUT2D eigenvalue weighted by atomic mass is 10.1. The molecule has 0 rings (SSSR count). The molecule has 4 nitrogen and oxygen atoms in total. The van der Waals surface area contributed by atoms with Crippen molar-refractivity contribution < 1.29 is 19.1 Å². The van der Waals surface area contributed by atoms with Crippen LogP contribution in [0.25, 0.3) is 0 Å². The zero-order chi connectivity index (χ0) is 18.8. The number of hydrogen-bond acceptors (Lipinski definition) is 5. The summed E-state index contributed by atoms with van der Waals surface area (Å²) in [4.78, 5) is 22.0. The third kappa shape index (κ3) is 16.6. The molecule has 0 saturated heterocycles. The van der Waals surface area contributed by atoms with Crippen LogP contribution in [0, 0.1) is 0 Å². The summed E-state index contributed by atoms with van der Waals surface area (Å²) in [6.45, 7) is 8.83. The van der Waals surface area contributed by atoms with Gasteiger partial charge >= 0.3 is 11.9 Å². The SMILES string of the molecule is CCCCCC(Br)C(=O)OCC.CCCCCC(S)C(=O)OCC. The van der Waals surface area contributed by atoms with Gasteiger partial charge in [-0.2, -0.15) is 12.6 Å². The summed E-state index contributed by atoms with van der Waals surface area (Å²) in [5.74, 6) is -0.314. The van der Waals surface area contributed by atoms with Crippen molar-refractivity contribution in [1.29, 1.82) is 0 Å². The first-order chi connectivity index (χ1) is 11.4. The van der Waals surface area contributed by atoms with E-state index in [0.717, 1.165) is 32.1 Å². The molecule has 0 aromatic carbocycles. The molecule has 0 aliphatic rings. The number of ether oxygens (including phenoxy) is 2. The van der Waals surface area contributed by atoms with Crippen molar-refractivity contribution in [2.45, 2.75) is 89.1 Å². The highest BCUT2D eigenvalue weighted by atomic mass is 79.9. The molecule has 2 atom stereocenters. The second-order valence-corrected chi connectivity index (χ2v) is 7.21. The van der Waals surface area contributed by atoms with Gasteiger partial charge in [-0.1, -0.05) is 68.3 Å². The molecule has 0 radical (unpaired) electrons. The lowest BCUT2D eigenvalue weighted by molar-refractivity contribution is -0.143. The van der Waals surface area contributed by atoms with Crippen molar-refractivity contribution in [3.8, 4) is 0 Å². The van der Waals surface area contributed by atoms with Crippen LogP contribution in [0.3, 0.4) is 0 Å². The van der Waals surface area contributed by atoms with Gasteiger partial charge in [-0.15, -0.1) is 0 Å². The van der Waals surface area contributed by atoms with E-state index in [1.807, 2.05) is 13.8 Å². The minimum Gasteiger partial charge on any atom is -0.465 e. The first-order valence-electron chi connectivity index (χ1n) is 9.09. The molecule has 0 aliphatic carbocycles. The molecule has 0 heterocycles. The zero-order valence-corrected chi connectivity index (χ0v) is 18.2. The van der Waals surface area contributed by atoms with E-state index in [1.54, 1.807) is 0 Å². The van der Waals surface area contributed by atoms with E-state index >= 15 is 0 Å². The molecule has 0 spiro atoms. The number of esters is 2. The number of halogens is 1. The van der Waals surface area contributed by atoms with Crippen LogP contribution in [0.2, 0.25) is 0 Å². The summed E-state index contributed by atoms with van der Waals surface area (Å²) in [5, 5.41) is -0.225. The Bertz CT molecular complexity index is 283. The first kappa shape index (κ1) is 26.0. The zero-order valence-electron chi connectivity index (χ0n) is 15.7. The molecular weight excluding hydrogens is 392 g/mol. The molecule has 0 saturated carbocycles. The van der Waals surface area contributed by atoms with Gasteiger partial charge in [0, 0.05) is 0 Å². The van der Waals surface area contributed by atoms with Crippen LogP contribution in [0.1, 0.15) is 79.1 Å². The summed E-state index contributed by atoms with van der Waals surface area (Å²) in [5.41, 5.74) is 0. The fraction of sp³-hybridized carbons (Fsp3) is 0.889. The van der Waals surface area contributed by atoms with Crippen LogP contribution in [0.5, 0.6) is 0 Å². The summed E-state index contributed by atoms with van der Waals surface area (Å²) in [7, 11) is 0. The predicted octanol–water partition coefficient (Wildman–Crippen LogP) is 5.32.